The zero-order chi connectivity index (χ0) is 26.1. The smallest absolute Gasteiger partial charge is 0.266 e. The van der Waals surface area contributed by atoms with Gasteiger partial charge in [0.2, 0.25) is 5.95 Å². The number of aromatic nitrogens is 6. The molecule has 5 aromatic rings. The molecule has 11 heteroatoms. The molecule has 0 saturated heterocycles. The third kappa shape index (κ3) is 4.43. The van der Waals surface area contributed by atoms with Crippen LogP contribution in [-0.2, 0) is 0 Å². The number of nitrogens with zero attached hydrogens (tertiary/aromatic N) is 7. The predicted molar refractivity (Wildman–Crippen MR) is 136 cm³/mol. The fraction of sp³-hybridized carbons (Fsp3) is 0.115. The van der Waals surface area contributed by atoms with Crippen LogP contribution < -0.4 is 16.6 Å². The van der Waals surface area contributed by atoms with Crippen LogP contribution in [0, 0.1) is 24.1 Å². The molecule has 1 unspecified atom stereocenters. The summed E-state index contributed by atoms with van der Waals surface area (Å²) in [5, 5.41) is 12.9. The average Bonchev–Trinajstić information content (AvgIpc) is 2.89. The van der Waals surface area contributed by atoms with Gasteiger partial charge >= 0.3 is 0 Å². The third-order valence-corrected chi connectivity index (χ3v) is 5.75. The van der Waals surface area contributed by atoms with Gasteiger partial charge in [-0.2, -0.15) is 10.2 Å². The Balaban J connectivity index is 1.76. The van der Waals surface area contributed by atoms with Gasteiger partial charge in [0, 0.05) is 18.0 Å². The molecule has 5 rings (SSSR count). The Hall–Kier alpha value is -5.24. The summed E-state index contributed by atoms with van der Waals surface area (Å²) in [6.07, 6.45) is 4.59. The second-order valence-electron chi connectivity index (χ2n) is 8.28. The molecule has 10 nitrogen and oxygen atoms in total. The van der Waals surface area contributed by atoms with Gasteiger partial charge in [-0.05, 0) is 43.7 Å². The van der Waals surface area contributed by atoms with Crippen LogP contribution in [0.2, 0.25) is 0 Å². The van der Waals surface area contributed by atoms with Crippen molar-refractivity contribution in [3.63, 3.8) is 0 Å². The standard InChI is InChI=1S/C26H20FN9O/c1-14(33-23-16(10-28)11-32-26(29)35-23)24-34-21-8-4-7-20(17-12-30-15(2)31-13-17)22(21)25(37)36(24)19-6-3-5-18(27)9-19/h3-9,11-14H,1-2H3,(H3,29,32,33,35). The summed E-state index contributed by atoms with van der Waals surface area (Å²) in [4.78, 5) is 35.4. The van der Waals surface area contributed by atoms with Crippen LogP contribution >= 0.6 is 0 Å². The first-order chi connectivity index (χ1) is 17.9. The molecule has 3 heterocycles. The Labute approximate surface area is 210 Å². The molecule has 3 N–H and O–H groups in total. The van der Waals surface area contributed by atoms with Crippen molar-refractivity contribution < 1.29 is 4.39 Å². The van der Waals surface area contributed by atoms with Gasteiger partial charge in [0.1, 0.15) is 34.9 Å². The maximum atomic E-state index is 14.3. The molecular formula is C26H20FN9O. The number of anilines is 2. The zero-order valence-corrected chi connectivity index (χ0v) is 19.8. The van der Waals surface area contributed by atoms with E-state index in [0.717, 1.165) is 0 Å². The van der Waals surface area contributed by atoms with Gasteiger partial charge < -0.3 is 11.1 Å². The molecule has 182 valence electrons. The predicted octanol–water partition coefficient (Wildman–Crippen LogP) is 3.71. The van der Waals surface area contributed by atoms with E-state index in [-0.39, 0.29) is 23.2 Å². The number of hydrogen-bond donors (Lipinski definition) is 2. The topological polar surface area (TPSA) is 148 Å². The summed E-state index contributed by atoms with van der Waals surface area (Å²) in [6, 6.07) is 12.4. The minimum absolute atomic E-state index is 0.0207. The lowest BCUT2D eigenvalue weighted by molar-refractivity contribution is 0.624. The molecule has 3 aromatic heterocycles. The van der Waals surface area contributed by atoms with Crippen LogP contribution in [0.3, 0.4) is 0 Å². The average molecular weight is 494 g/mol. The van der Waals surface area contributed by atoms with Crippen LogP contribution in [-0.4, -0.2) is 29.5 Å². The van der Waals surface area contributed by atoms with Gasteiger partial charge in [0.15, 0.2) is 0 Å². The maximum Gasteiger partial charge on any atom is 0.266 e. The van der Waals surface area contributed by atoms with E-state index in [1.165, 1.54) is 29.0 Å². The number of nitrogen functional groups attached to an aromatic ring is 1. The Morgan fingerprint density at radius 1 is 1.08 bits per heavy atom. The Bertz CT molecular complexity index is 1740. The van der Waals surface area contributed by atoms with Gasteiger partial charge in [-0.15, -0.1) is 0 Å². The van der Waals surface area contributed by atoms with Crippen molar-refractivity contribution in [1.29, 1.82) is 5.26 Å². The summed E-state index contributed by atoms with van der Waals surface area (Å²) in [6.45, 7) is 3.52. The highest BCUT2D eigenvalue weighted by molar-refractivity contribution is 5.94. The lowest BCUT2D eigenvalue weighted by atomic mass is 10.0. The number of nitrogens with two attached hydrogens (primary N) is 1. The number of nitriles is 1. The van der Waals surface area contributed by atoms with E-state index >= 15 is 0 Å². The monoisotopic (exact) mass is 493 g/mol. The Kier molecular flexibility index (Phi) is 5.99. The molecule has 0 amide bonds. The van der Waals surface area contributed by atoms with E-state index in [2.05, 4.69) is 25.3 Å². The molecule has 0 bridgehead atoms. The second kappa shape index (κ2) is 9.43. The van der Waals surface area contributed by atoms with Crippen molar-refractivity contribution in [2.45, 2.75) is 19.9 Å². The molecule has 1 atom stereocenters. The van der Waals surface area contributed by atoms with Gasteiger partial charge in [-0.25, -0.2) is 24.3 Å². The quantitative estimate of drug-likeness (QED) is 0.374. The number of nitrogens with one attached hydrogen (secondary N) is 1. The summed E-state index contributed by atoms with van der Waals surface area (Å²) in [7, 11) is 0. The molecule has 0 aliphatic rings. The molecule has 0 fully saturated rings. The molecule has 2 aromatic carbocycles. The minimum Gasteiger partial charge on any atom is -0.368 e. The molecule has 0 spiro atoms. The highest BCUT2D eigenvalue weighted by Gasteiger charge is 2.22. The first kappa shape index (κ1) is 23.5. The molecule has 0 aliphatic heterocycles. The van der Waals surface area contributed by atoms with E-state index < -0.39 is 17.4 Å². The third-order valence-electron chi connectivity index (χ3n) is 5.75. The van der Waals surface area contributed by atoms with Crippen molar-refractivity contribution in [1.82, 2.24) is 29.5 Å². The maximum absolute atomic E-state index is 14.3. The molecule has 0 aliphatic carbocycles. The number of rotatable bonds is 5. The first-order valence-corrected chi connectivity index (χ1v) is 11.3. The van der Waals surface area contributed by atoms with E-state index in [0.29, 0.717) is 33.5 Å². The van der Waals surface area contributed by atoms with Crippen molar-refractivity contribution >= 4 is 22.7 Å². The van der Waals surface area contributed by atoms with E-state index in [4.69, 9.17) is 10.7 Å². The normalized spacial score (nSPS) is 11.7. The van der Waals surface area contributed by atoms with Crippen molar-refractivity contribution in [2.24, 2.45) is 0 Å². The summed E-state index contributed by atoms with van der Waals surface area (Å²) >= 11 is 0. The highest BCUT2D eigenvalue weighted by Crippen LogP contribution is 2.28. The molecular weight excluding hydrogens is 473 g/mol. The van der Waals surface area contributed by atoms with E-state index in [1.807, 2.05) is 6.07 Å². The van der Waals surface area contributed by atoms with Gasteiger partial charge in [0.05, 0.1) is 28.8 Å². The van der Waals surface area contributed by atoms with Crippen molar-refractivity contribution in [3.8, 4) is 22.9 Å². The Morgan fingerprint density at radius 3 is 2.57 bits per heavy atom. The number of halogens is 1. The summed E-state index contributed by atoms with van der Waals surface area (Å²) < 4.78 is 15.6. The number of aryl methyl sites for hydroxylation is 1. The highest BCUT2D eigenvalue weighted by atomic mass is 19.1. The SMILES string of the molecule is Cc1ncc(-c2cccc3nc(C(C)Nc4nc(N)ncc4C#N)n(-c4cccc(F)c4)c(=O)c23)cn1. The van der Waals surface area contributed by atoms with Gasteiger partial charge in [-0.3, -0.25) is 9.36 Å². The van der Waals surface area contributed by atoms with Gasteiger partial charge in [0.25, 0.3) is 5.56 Å². The zero-order valence-electron chi connectivity index (χ0n) is 19.8. The number of benzene rings is 2. The second-order valence-corrected chi connectivity index (χ2v) is 8.28. The fourth-order valence-corrected chi connectivity index (χ4v) is 4.03. The number of fused-ring (bicyclic) bond motifs is 1. The lowest BCUT2D eigenvalue weighted by Gasteiger charge is -2.21. The fourth-order valence-electron chi connectivity index (χ4n) is 4.03. The van der Waals surface area contributed by atoms with Crippen LogP contribution in [0.5, 0.6) is 0 Å². The molecule has 37 heavy (non-hydrogen) atoms. The van der Waals surface area contributed by atoms with E-state index in [1.54, 1.807) is 50.5 Å². The van der Waals surface area contributed by atoms with Crippen LogP contribution in [0.25, 0.3) is 27.7 Å². The largest absolute Gasteiger partial charge is 0.368 e. The minimum atomic E-state index is -0.645. The van der Waals surface area contributed by atoms with Gasteiger partial charge in [-0.1, -0.05) is 18.2 Å². The number of hydrogen-bond acceptors (Lipinski definition) is 9. The Morgan fingerprint density at radius 2 is 1.84 bits per heavy atom. The van der Waals surface area contributed by atoms with E-state index in [9.17, 15) is 14.4 Å². The van der Waals surface area contributed by atoms with Crippen LogP contribution in [0.1, 0.15) is 30.2 Å². The van der Waals surface area contributed by atoms with Crippen molar-refractivity contribution in [3.05, 3.63) is 94.4 Å². The lowest BCUT2D eigenvalue weighted by Crippen LogP contribution is -2.28. The summed E-state index contributed by atoms with van der Waals surface area (Å²) in [5.74, 6) is 0.539. The first-order valence-electron chi connectivity index (χ1n) is 11.3. The molecule has 0 saturated carbocycles. The van der Waals surface area contributed by atoms with Crippen LogP contribution in [0.4, 0.5) is 16.2 Å². The summed E-state index contributed by atoms with van der Waals surface area (Å²) in [5.41, 5.74) is 7.46. The molecule has 0 radical (unpaired) electrons. The van der Waals surface area contributed by atoms with Crippen molar-refractivity contribution in [2.75, 3.05) is 11.1 Å². The van der Waals surface area contributed by atoms with Crippen LogP contribution in [0.15, 0.2) is 65.8 Å².